The fourth-order valence-corrected chi connectivity index (χ4v) is 4.34. The Hall–Kier alpha value is -3.81. The second kappa shape index (κ2) is 9.09. The topological polar surface area (TPSA) is 73.2 Å². The van der Waals surface area contributed by atoms with Gasteiger partial charge in [-0.3, -0.25) is 0 Å². The second-order valence-electron chi connectivity index (χ2n) is 8.66. The van der Waals surface area contributed by atoms with E-state index in [0.29, 0.717) is 23.5 Å². The molecule has 2 N–H and O–H groups in total. The van der Waals surface area contributed by atoms with Gasteiger partial charge in [0, 0.05) is 35.9 Å². The summed E-state index contributed by atoms with van der Waals surface area (Å²) in [5.74, 6) is 2.11. The molecule has 7 nitrogen and oxygen atoms in total. The molecule has 1 fully saturated rings. The van der Waals surface area contributed by atoms with Crippen LogP contribution in [0.5, 0.6) is 11.6 Å². The Morgan fingerprint density at radius 2 is 1.91 bits per heavy atom. The van der Waals surface area contributed by atoms with E-state index in [1.54, 1.807) is 6.20 Å². The number of imidazole rings is 1. The van der Waals surface area contributed by atoms with Gasteiger partial charge in [-0.05, 0) is 65.5 Å². The van der Waals surface area contributed by atoms with Crippen LogP contribution in [0.1, 0.15) is 5.56 Å². The molecule has 0 saturated carbocycles. The quantitative estimate of drug-likeness (QED) is 0.295. The summed E-state index contributed by atoms with van der Waals surface area (Å²) < 4.78 is 13.4. The minimum absolute atomic E-state index is 0.389. The molecule has 35 heavy (non-hydrogen) atoms. The third-order valence-electron chi connectivity index (χ3n) is 6.17. The Bertz CT molecular complexity index is 1510. The number of ether oxygens (including phenoxy) is 2. The van der Waals surface area contributed by atoms with E-state index in [4.69, 9.17) is 26.1 Å². The summed E-state index contributed by atoms with van der Waals surface area (Å²) in [6, 6.07) is 22.2. The highest BCUT2D eigenvalue weighted by Gasteiger charge is 2.18. The summed E-state index contributed by atoms with van der Waals surface area (Å²) in [6.07, 6.45) is 1.73. The van der Waals surface area contributed by atoms with Gasteiger partial charge >= 0.3 is 0 Å². The van der Waals surface area contributed by atoms with Crippen LogP contribution >= 0.6 is 11.6 Å². The Balaban J connectivity index is 1.13. The van der Waals surface area contributed by atoms with Crippen molar-refractivity contribution in [3.05, 3.63) is 83.5 Å². The third-order valence-corrected chi connectivity index (χ3v) is 6.40. The summed E-state index contributed by atoms with van der Waals surface area (Å²) >= 11 is 6.11. The van der Waals surface area contributed by atoms with Crippen LogP contribution in [0.2, 0.25) is 5.02 Å². The van der Waals surface area contributed by atoms with Crippen molar-refractivity contribution >= 4 is 45.0 Å². The largest absolute Gasteiger partial charge is 0.438 e. The minimum atomic E-state index is 0.389. The van der Waals surface area contributed by atoms with E-state index >= 15 is 0 Å². The van der Waals surface area contributed by atoms with Gasteiger partial charge in [-0.2, -0.15) is 0 Å². The summed E-state index contributed by atoms with van der Waals surface area (Å²) in [4.78, 5) is 9.14. The van der Waals surface area contributed by atoms with Gasteiger partial charge in [-0.15, -0.1) is 0 Å². The van der Waals surface area contributed by atoms with E-state index in [2.05, 4.69) is 32.3 Å². The molecule has 0 spiro atoms. The second-order valence-corrected chi connectivity index (χ2v) is 9.09. The van der Waals surface area contributed by atoms with Gasteiger partial charge in [0.05, 0.1) is 30.3 Å². The van der Waals surface area contributed by atoms with Crippen LogP contribution in [0.25, 0.3) is 21.8 Å². The van der Waals surface area contributed by atoms with Gasteiger partial charge in [0.1, 0.15) is 5.75 Å². The first-order valence-corrected chi connectivity index (χ1v) is 11.9. The molecule has 1 aliphatic heterocycles. The number of anilines is 2. The van der Waals surface area contributed by atoms with Crippen molar-refractivity contribution in [1.29, 1.82) is 0 Å². The predicted molar refractivity (Wildman–Crippen MR) is 140 cm³/mol. The lowest BCUT2D eigenvalue weighted by molar-refractivity contribution is 0.0211. The number of benzene rings is 3. The molecule has 0 bridgehead atoms. The molecular formula is C27H24ClN5O2. The van der Waals surface area contributed by atoms with Crippen LogP contribution in [0.4, 0.5) is 11.6 Å². The van der Waals surface area contributed by atoms with Crippen molar-refractivity contribution in [3.8, 4) is 11.6 Å². The van der Waals surface area contributed by atoms with Crippen LogP contribution in [-0.2, 0) is 18.3 Å². The molecule has 3 aromatic carbocycles. The lowest BCUT2D eigenvalue weighted by Gasteiger charge is -2.27. The maximum atomic E-state index is 6.11. The molecule has 0 radical (unpaired) electrons. The van der Waals surface area contributed by atoms with Crippen molar-refractivity contribution in [2.24, 2.45) is 7.05 Å². The van der Waals surface area contributed by atoms with Crippen molar-refractivity contribution < 1.29 is 9.47 Å². The van der Waals surface area contributed by atoms with Gasteiger partial charge in [0.15, 0.2) is 0 Å². The van der Waals surface area contributed by atoms with E-state index in [-0.39, 0.29) is 0 Å². The molecular weight excluding hydrogens is 462 g/mol. The van der Waals surface area contributed by atoms with Gasteiger partial charge in [0.2, 0.25) is 11.8 Å². The first-order valence-electron chi connectivity index (χ1n) is 11.5. The highest BCUT2D eigenvalue weighted by Crippen LogP contribution is 2.30. The normalized spacial score (nSPS) is 13.7. The monoisotopic (exact) mass is 485 g/mol. The van der Waals surface area contributed by atoms with Crippen molar-refractivity contribution in [2.45, 2.75) is 12.6 Å². The number of hydrogen-bond donors (Lipinski definition) is 2. The van der Waals surface area contributed by atoms with E-state index < -0.39 is 0 Å². The zero-order valence-electron chi connectivity index (χ0n) is 19.2. The number of nitrogens with one attached hydrogen (secondary N) is 2. The van der Waals surface area contributed by atoms with Gasteiger partial charge in [-0.25, -0.2) is 9.97 Å². The van der Waals surface area contributed by atoms with E-state index in [0.717, 1.165) is 58.0 Å². The maximum Gasteiger partial charge on any atom is 0.227 e. The number of aromatic nitrogens is 3. The van der Waals surface area contributed by atoms with Crippen LogP contribution in [0, 0.1) is 0 Å². The lowest BCUT2D eigenvalue weighted by Crippen LogP contribution is -2.40. The summed E-state index contributed by atoms with van der Waals surface area (Å²) in [7, 11) is 2.02. The summed E-state index contributed by atoms with van der Waals surface area (Å²) in [6.45, 7) is 2.16. The molecule has 6 rings (SSSR count). The van der Waals surface area contributed by atoms with E-state index in [9.17, 15) is 0 Å². The number of hydrogen-bond acceptors (Lipinski definition) is 6. The Labute approximate surface area is 207 Å². The van der Waals surface area contributed by atoms with Gasteiger partial charge in [0.25, 0.3) is 0 Å². The number of nitrogens with zero attached hydrogens (tertiary/aromatic N) is 3. The molecule has 2 aromatic heterocycles. The summed E-state index contributed by atoms with van der Waals surface area (Å²) in [5, 5.41) is 9.54. The number of pyridine rings is 1. The average Bonchev–Trinajstić information content (AvgIpc) is 3.16. The average molecular weight is 486 g/mol. The predicted octanol–water partition coefficient (Wildman–Crippen LogP) is 5.99. The fraction of sp³-hybridized carbons (Fsp3) is 0.185. The first-order chi connectivity index (χ1) is 17.1. The van der Waals surface area contributed by atoms with Crippen LogP contribution in [-0.4, -0.2) is 33.8 Å². The molecule has 5 aromatic rings. The molecule has 1 aliphatic rings. The lowest BCUT2D eigenvalue weighted by atomic mass is 10.2. The first kappa shape index (κ1) is 21.7. The van der Waals surface area contributed by atoms with E-state index in [1.807, 2.05) is 61.6 Å². The number of halogens is 1. The standard InChI is InChI=1S/C27H24ClN5O2/c1-33-25-13-20(31-21-15-34-16-21)5-9-24(25)32-27(33)30-14-17-2-6-22(7-3-17)35-26-23-8-4-19(28)12-18(23)10-11-29-26/h2-13,21,31H,14-16H2,1H3,(H,30,32). The van der Waals surface area contributed by atoms with Gasteiger partial charge in [-0.1, -0.05) is 23.7 Å². The molecule has 0 aliphatic carbocycles. The van der Waals surface area contributed by atoms with Crippen molar-refractivity contribution in [1.82, 2.24) is 14.5 Å². The van der Waals surface area contributed by atoms with Crippen LogP contribution < -0.4 is 15.4 Å². The molecule has 0 unspecified atom stereocenters. The molecule has 8 heteroatoms. The summed E-state index contributed by atoms with van der Waals surface area (Å²) in [5.41, 5.74) is 4.23. The highest BCUT2D eigenvalue weighted by atomic mass is 35.5. The van der Waals surface area contributed by atoms with Crippen LogP contribution in [0.15, 0.2) is 72.9 Å². The number of fused-ring (bicyclic) bond motifs is 2. The highest BCUT2D eigenvalue weighted by molar-refractivity contribution is 6.31. The van der Waals surface area contributed by atoms with Gasteiger partial charge < -0.3 is 24.7 Å². The zero-order chi connectivity index (χ0) is 23.8. The molecule has 0 atom stereocenters. The number of rotatable bonds is 7. The Morgan fingerprint density at radius 1 is 1.06 bits per heavy atom. The Morgan fingerprint density at radius 3 is 2.71 bits per heavy atom. The molecule has 1 saturated heterocycles. The smallest absolute Gasteiger partial charge is 0.227 e. The SMILES string of the molecule is Cn1c(NCc2ccc(Oc3nccc4cc(Cl)ccc34)cc2)nc2ccc(NC3COC3)cc21. The third kappa shape index (κ3) is 4.48. The molecule has 176 valence electrons. The number of aryl methyl sites for hydroxylation is 1. The van der Waals surface area contributed by atoms with Crippen molar-refractivity contribution in [2.75, 3.05) is 23.8 Å². The fourth-order valence-electron chi connectivity index (χ4n) is 4.16. The minimum Gasteiger partial charge on any atom is -0.438 e. The molecule has 3 heterocycles. The maximum absolute atomic E-state index is 6.11. The Kier molecular flexibility index (Phi) is 5.64. The zero-order valence-corrected chi connectivity index (χ0v) is 19.9. The van der Waals surface area contributed by atoms with E-state index in [1.165, 1.54) is 0 Å². The van der Waals surface area contributed by atoms with Crippen LogP contribution in [0.3, 0.4) is 0 Å². The van der Waals surface area contributed by atoms with Crippen molar-refractivity contribution in [3.63, 3.8) is 0 Å². The molecule has 0 amide bonds.